The van der Waals surface area contributed by atoms with E-state index in [9.17, 15) is 18.4 Å². The van der Waals surface area contributed by atoms with Gasteiger partial charge in [0.15, 0.2) is 0 Å². The van der Waals surface area contributed by atoms with Crippen molar-refractivity contribution in [1.82, 2.24) is 4.98 Å². The summed E-state index contributed by atoms with van der Waals surface area (Å²) in [5, 5.41) is 0.529. The standard InChI is InChI=1S/C18H10F2N2O2/c1-9-15-16(11-4-2-3-5-13(11)21-9)18(24)22(17(15)23)14-7-6-10(19)8-12(14)20/h2-8H,1H3. The SMILES string of the molecule is Cc1nc2ccccc2c2c1C(=O)N(c1ccc(F)cc1F)C2=O. The van der Waals surface area contributed by atoms with Gasteiger partial charge in [0.1, 0.15) is 11.6 Å². The highest BCUT2D eigenvalue weighted by Crippen LogP contribution is 2.35. The minimum absolute atomic E-state index is 0.155. The molecule has 24 heavy (non-hydrogen) atoms. The number of rotatable bonds is 1. The minimum Gasteiger partial charge on any atom is -0.268 e. The molecule has 2 heterocycles. The summed E-state index contributed by atoms with van der Waals surface area (Å²) in [6.07, 6.45) is 0. The molecule has 1 aliphatic rings. The number of halogens is 2. The van der Waals surface area contributed by atoms with Gasteiger partial charge in [0.25, 0.3) is 11.8 Å². The van der Waals surface area contributed by atoms with Gasteiger partial charge < -0.3 is 0 Å². The van der Waals surface area contributed by atoms with Crippen LogP contribution >= 0.6 is 0 Å². The fourth-order valence-corrected chi connectivity index (χ4v) is 3.02. The lowest BCUT2D eigenvalue weighted by Gasteiger charge is -2.14. The summed E-state index contributed by atoms with van der Waals surface area (Å²) in [6, 6.07) is 9.67. The summed E-state index contributed by atoms with van der Waals surface area (Å²) in [7, 11) is 0. The Morgan fingerprint density at radius 3 is 2.42 bits per heavy atom. The topological polar surface area (TPSA) is 50.3 Å². The van der Waals surface area contributed by atoms with Crippen molar-refractivity contribution in [2.24, 2.45) is 0 Å². The van der Waals surface area contributed by atoms with Gasteiger partial charge in [-0.2, -0.15) is 0 Å². The molecule has 4 nitrogen and oxygen atoms in total. The molecular weight excluding hydrogens is 314 g/mol. The van der Waals surface area contributed by atoms with E-state index in [1.165, 1.54) is 0 Å². The number of aryl methyl sites for hydroxylation is 1. The van der Waals surface area contributed by atoms with Crippen LogP contribution in [-0.2, 0) is 0 Å². The number of anilines is 1. The maximum Gasteiger partial charge on any atom is 0.268 e. The number of fused-ring (bicyclic) bond motifs is 3. The second-order valence-electron chi connectivity index (χ2n) is 5.51. The maximum absolute atomic E-state index is 14.1. The predicted molar refractivity (Wildman–Crippen MR) is 84.0 cm³/mol. The third kappa shape index (κ3) is 1.86. The quantitative estimate of drug-likeness (QED) is 0.642. The highest BCUT2D eigenvalue weighted by molar-refractivity contribution is 6.37. The minimum atomic E-state index is -0.973. The first-order chi connectivity index (χ1) is 11.5. The Bertz CT molecular complexity index is 1050. The molecule has 1 aliphatic heterocycles. The molecule has 0 bridgehead atoms. The van der Waals surface area contributed by atoms with Crippen molar-refractivity contribution in [3.05, 3.63) is 70.9 Å². The van der Waals surface area contributed by atoms with Crippen molar-refractivity contribution >= 4 is 28.4 Å². The zero-order chi connectivity index (χ0) is 17.0. The van der Waals surface area contributed by atoms with Crippen LogP contribution in [0.5, 0.6) is 0 Å². The van der Waals surface area contributed by atoms with E-state index in [-0.39, 0.29) is 16.8 Å². The van der Waals surface area contributed by atoms with Gasteiger partial charge in [0.05, 0.1) is 28.0 Å². The summed E-state index contributed by atoms with van der Waals surface area (Å²) < 4.78 is 27.2. The van der Waals surface area contributed by atoms with Gasteiger partial charge in [-0.1, -0.05) is 18.2 Å². The van der Waals surface area contributed by atoms with Gasteiger partial charge in [-0.25, -0.2) is 13.7 Å². The van der Waals surface area contributed by atoms with Crippen LogP contribution in [0.25, 0.3) is 10.9 Å². The molecule has 0 radical (unpaired) electrons. The number of nitrogens with zero attached hydrogens (tertiary/aromatic N) is 2. The van der Waals surface area contributed by atoms with E-state index in [0.29, 0.717) is 22.7 Å². The maximum atomic E-state index is 14.1. The molecule has 0 aliphatic carbocycles. The number of hydrogen-bond donors (Lipinski definition) is 0. The summed E-state index contributed by atoms with van der Waals surface area (Å²) in [4.78, 5) is 30.6. The second-order valence-corrected chi connectivity index (χ2v) is 5.51. The van der Waals surface area contributed by atoms with Crippen LogP contribution in [0.4, 0.5) is 14.5 Å². The molecule has 0 fully saturated rings. The molecule has 0 N–H and O–H groups in total. The smallest absolute Gasteiger partial charge is 0.268 e. The molecule has 6 heteroatoms. The fraction of sp³-hybridized carbons (Fsp3) is 0.0556. The molecule has 2 aromatic carbocycles. The zero-order valence-corrected chi connectivity index (χ0v) is 12.5. The van der Waals surface area contributed by atoms with Crippen molar-refractivity contribution in [2.45, 2.75) is 6.92 Å². The van der Waals surface area contributed by atoms with Crippen LogP contribution in [-0.4, -0.2) is 16.8 Å². The van der Waals surface area contributed by atoms with Crippen LogP contribution in [0, 0.1) is 18.6 Å². The first kappa shape index (κ1) is 14.4. The van der Waals surface area contributed by atoms with Crippen LogP contribution in [0.2, 0.25) is 0 Å². The summed E-state index contributed by atoms with van der Waals surface area (Å²) >= 11 is 0. The first-order valence-corrected chi connectivity index (χ1v) is 7.22. The molecule has 0 spiro atoms. The van der Waals surface area contributed by atoms with Crippen molar-refractivity contribution in [1.29, 1.82) is 0 Å². The predicted octanol–water partition coefficient (Wildman–Crippen LogP) is 3.62. The number of amides is 2. The van der Waals surface area contributed by atoms with E-state index < -0.39 is 23.4 Å². The molecule has 4 rings (SSSR count). The lowest BCUT2D eigenvalue weighted by atomic mass is 10.0. The zero-order valence-electron chi connectivity index (χ0n) is 12.5. The molecule has 0 saturated carbocycles. The van der Waals surface area contributed by atoms with Crippen LogP contribution < -0.4 is 4.90 Å². The van der Waals surface area contributed by atoms with E-state index in [1.807, 2.05) is 0 Å². The number of carbonyl (C=O) groups is 2. The third-order valence-electron chi connectivity index (χ3n) is 4.06. The molecule has 118 valence electrons. The lowest BCUT2D eigenvalue weighted by molar-refractivity contribution is 0.0925. The Balaban J connectivity index is 1.99. The lowest BCUT2D eigenvalue weighted by Crippen LogP contribution is -2.30. The Morgan fingerprint density at radius 1 is 0.958 bits per heavy atom. The largest absolute Gasteiger partial charge is 0.268 e. The van der Waals surface area contributed by atoms with Gasteiger partial charge in [-0.05, 0) is 25.1 Å². The van der Waals surface area contributed by atoms with Gasteiger partial charge in [-0.15, -0.1) is 0 Å². The molecule has 0 saturated heterocycles. The average molecular weight is 324 g/mol. The van der Waals surface area contributed by atoms with E-state index in [2.05, 4.69) is 4.98 Å². The molecular formula is C18H10F2N2O2. The summed E-state index contributed by atoms with van der Waals surface area (Å²) in [5.41, 5.74) is 1.06. The number of hydrogen-bond acceptors (Lipinski definition) is 3. The number of pyridine rings is 1. The normalized spacial score (nSPS) is 13.7. The number of carbonyl (C=O) groups excluding carboxylic acids is 2. The average Bonchev–Trinajstić information content (AvgIpc) is 2.80. The van der Waals surface area contributed by atoms with Gasteiger partial charge in [-0.3, -0.25) is 14.6 Å². The van der Waals surface area contributed by atoms with Gasteiger partial charge >= 0.3 is 0 Å². The molecule has 1 aromatic heterocycles. The highest BCUT2D eigenvalue weighted by atomic mass is 19.1. The number of benzene rings is 2. The van der Waals surface area contributed by atoms with E-state index in [0.717, 1.165) is 17.0 Å². The van der Waals surface area contributed by atoms with E-state index in [1.54, 1.807) is 31.2 Å². The highest BCUT2D eigenvalue weighted by Gasteiger charge is 2.41. The first-order valence-electron chi connectivity index (χ1n) is 7.22. The van der Waals surface area contributed by atoms with Gasteiger partial charge in [0.2, 0.25) is 0 Å². The summed E-state index contributed by atoms with van der Waals surface area (Å²) in [5.74, 6) is -3.05. The van der Waals surface area contributed by atoms with Crippen molar-refractivity contribution in [2.75, 3.05) is 4.90 Å². The van der Waals surface area contributed by atoms with E-state index in [4.69, 9.17) is 0 Å². The molecule has 3 aromatic rings. The molecule has 0 atom stereocenters. The van der Waals surface area contributed by atoms with E-state index >= 15 is 0 Å². The number of imide groups is 1. The second kappa shape index (κ2) is 4.92. The van der Waals surface area contributed by atoms with Crippen molar-refractivity contribution < 1.29 is 18.4 Å². The number of aromatic nitrogens is 1. The molecule has 0 unspecified atom stereocenters. The Hall–Kier alpha value is -3.15. The molecule has 2 amide bonds. The van der Waals surface area contributed by atoms with Crippen molar-refractivity contribution in [3.63, 3.8) is 0 Å². The fourth-order valence-electron chi connectivity index (χ4n) is 3.02. The monoisotopic (exact) mass is 324 g/mol. The van der Waals surface area contributed by atoms with Crippen LogP contribution in [0.1, 0.15) is 26.4 Å². The van der Waals surface area contributed by atoms with Crippen LogP contribution in [0.15, 0.2) is 42.5 Å². The summed E-state index contributed by atoms with van der Waals surface area (Å²) in [6.45, 7) is 1.63. The third-order valence-corrected chi connectivity index (χ3v) is 4.06. The Kier molecular flexibility index (Phi) is 2.96. The van der Waals surface area contributed by atoms with Crippen LogP contribution in [0.3, 0.4) is 0 Å². The van der Waals surface area contributed by atoms with Gasteiger partial charge in [0, 0.05) is 11.5 Å². The Morgan fingerprint density at radius 2 is 1.67 bits per heavy atom. The van der Waals surface area contributed by atoms with Crippen molar-refractivity contribution in [3.8, 4) is 0 Å². The number of para-hydroxylation sites is 1. The Labute approximate surface area is 135 Å².